The highest BCUT2D eigenvalue weighted by atomic mass is 32.1. The fraction of sp³-hybridized carbons (Fsp3) is 0.308. The van der Waals surface area contributed by atoms with E-state index in [1.54, 1.807) is 23.7 Å². The van der Waals surface area contributed by atoms with Gasteiger partial charge >= 0.3 is 0 Å². The Hall–Kier alpha value is -1.75. The van der Waals surface area contributed by atoms with Crippen LogP contribution in [-0.2, 0) is 12.8 Å². The summed E-state index contributed by atoms with van der Waals surface area (Å²) >= 11 is 1.71. The second kappa shape index (κ2) is 5.27. The molecule has 92 valence electrons. The highest BCUT2D eigenvalue weighted by molar-refractivity contribution is 7.15. The van der Waals surface area contributed by atoms with Crippen molar-refractivity contribution in [3.05, 3.63) is 40.7 Å². The van der Waals surface area contributed by atoms with E-state index in [4.69, 9.17) is 0 Å². The molecule has 0 fully saturated rings. The van der Waals surface area contributed by atoms with Crippen molar-refractivity contribution in [3.8, 4) is 0 Å². The lowest BCUT2D eigenvalue weighted by Gasteiger charge is -2.06. The first kappa shape index (κ1) is 11.3. The topological polar surface area (TPSA) is 50.2 Å². The number of rotatable bonds is 3. The number of aromatic nitrogens is 2. The molecule has 0 aromatic carbocycles. The third-order valence-corrected chi connectivity index (χ3v) is 3.95. The Morgan fingerprint density at radius 1 is 1.28 bits per heavy atom. The van der Waals surface area contributed by atoms with Gasteiger partial charge in [0, 0.05) is 11.1 Å². The Bertz CT molecular complexity index is 524. The van der Waals surface area contributed by atoms with E-state index in [1.807, 2.05) is 18.2 Å². The molecule has 0 atom stereocenters. The molecule has 18 heavy (non-hydrogen) atoms. The molecule has 1 N–H and O–H groups in total. The van der Waals surface area contributed by atoms with E-state index >= 15 is 0 Å². The van der Waals surface area contributed by atoms with Crippen molar-refractivity contribution in [2.45, 2.75) is 25.7 Å². The Morgan fingerprint density at radius 3 is 3.06 bits per heavy atom. The number of hydrazone groups is 1. The van der Waals surface area contributed by atoms with Gasteiger partial charge in [-0.15, -0.1) is 11.3 Å². The SMILES string of the molecule is C(=N\Nc1nc2c(s1)CCCC2)/c1ccccn1. The van der Waals surface area contributed by atoms with Gasteiger partial charge in [-0.3, -0.25) is 10.4 Å². The maximum atomic E-state index is 4.56. The van der Waals surface area contributed by atoms with Crippen LogP contribution in [-0.4, -0.2) is 16.2 Å². The molecule has 2 aromatic rings. The average Bonchev–Trinajstić information content (AvgIpc) is 2.82. The normalized spacial score (nSPS) is 14.7. The van der Waals surface area contributed by atoms with Crippen LogP contribution < -0.4 is 5.43 Å². The van der Waals surface area contributed by atoms with Gasteiger partial charge in [-0.1, -0.05) is 6.07 Å². The Balaban J connectivity index is 1.66. The second-order valence-electron chi connectivity index (χ2n) is 4.22. The Labute approximate surface area is 110 Å². The maximum Gasteiger partial charge on any atom is 0.203 e. The summed E-state index contributed by atoms with van der Waals surface area (Å²) in [7, 11) is 0. The summed E-state index contributed by atoms with van der Waals surface area (Å²) in [5, 5.41) is 5.05. The van der Waals surface area contributed by atoms with Crippen LogP contribution in [0.25, 0.3) is 0 Å². The van der Waals surface area contributed by atoms with Crippen molar-refractivity contribution in [2.75, 3.05) is 5.43 Å². The van der Waals surface area contributed by atoms with Gasteiger partial charge in [-0.25, -0.2) is 4.98 Å². The van der Waals surface area contributed by atoms with Gasteiger partial charge in [-0.05, 0) is 37.8 Å². The lowest BCUT2D eigenvalue weighted by Crippen LogP contribution is -1.99. The highest BCUT2D eigenvalue weighted by Crippen LogP contribution is 2.29. The Morgan fingerprint density at radius 2 is 2.22 bits per heavy atom. The van der Waals surface area contributed by atoms with E-state index in [0.717, 1.165) is 17.2 Å². The molecular weight excluding hydrogens is 244 g/mol. The summed E-state index contributed by atoms with van der Waals surface area (Å²) in [6, 6.07) is 5.74. The van der Waals surface area contributed by atoms with Gasteiger partial charge in [0.2, 0.25) is 5.13 Å². The second-order valence-corrected chi connectivity index (χ2v) is 5.30. The molecule has 3 rings (SSSR count). The van der Waals surface area contributed by atoms with E-state index < -0.39 is 0 Å². The van der Waals surface area contributed by atoms with Crippen LogP contribution in [0.2, 0.25) is 0 Å². The quantitative estimate of drug-likeness (QED) is 0.680. The third kappa shape index (κ3) is 2.56. The summed E-state index contributed by atoms with van der Waals surface area (Å²) in [4.78, 5) is 10.1. The van der Waals surface area contributed by atoms with E-state index in [2.05, 4.69) is 20.5 Å². The number of fused-ring (bicyclic) bond motifs is 1. The number of nitrogens with one attached hydrogen (secondary N) is 1. The molecule has 0 aliphatic heterocycles. The first-order valence-corrected chi connectivity index (χ1v) is 6.92. The number of pyridine rings is 1. The van der Waals surface area contributed by atoms with E-state index in [1.165, 1.54) is 29.8 Å². The number of hydrogen-bond acceptors (Lipinski definition) is 5. The molecule has 0 spiro atoms. The van der Waals surface area contributed by atoms with Crippen LogP contribution in [0.4, 0.5) is 5.13 Å². The van der Waals surface area contributed by atoms with E-state index in [9.17, 15) is 0 Å². The minimum Gasteiger partial charge on any atom is -0.255 e. The summed E-state index contributed by atoms with van der Waals surface area (Å²) in [6.45, 7) is 0. The van der Waals surface area contributed by atoms with Crippen molar-refractivity contribution in [3.63, 3.8) is 0 Å². The van der Waals surface area contributed by atoms with Crippen LogP contribution >= 0.6 is 11.3 Å². The summed E-state index contributed by atoms with van der Waals surface area (Å²) in [6.07, 6.45) is 8.28. The summed E-state index contributed by atoms with van der Waals surface area (Å²) < 4.78 is 0. The molecule has 0 saturated carbocycles. The number of anilines is 1. The van der Waals surface area contributed by atoms with E-state index in [-0.39, 0.29) is 0 Å². The fourth-order valence-corrected chi connectivity index (χ4v) is 3.01. The monoisotopic (exact) mass is 258 g/mol. The minimum absolute atomic E-state index is 0.839. The van der Waals surface area contributed by atoms with Crippen molar-refractivity contribution >= 4 is 22.7 Å². The first-order valence-electron chi connectivity index (χ1n) is 6.10. The zero-order valence-corrected chi connectivity index (χ0v) is 10.8. The van der Waals surface area contributed by atoms with Gasteiger partial charge < -0.3 is 0 Å². The molecule has 0 amide bonds. The number of nitrogens with zero attached hydrogens (tertiary/aromatic N) is 3. The van der Waals surface area contributed by atoms with Crippen LogP contribution in [0.15, 0.2) is 29.5 Å². The fourth-order valence-electron chi connectivity index (χ4n) is 2.01. The predicted molar refractivity (Wildman–Crippen MR) is 74.2 cm³/mol. The molecule has 0 bridgehead atoms. The molecule has 1 aliphatic rings. The van der Waals surface area contributed by atoms with Gasteiger partial charge in [0.1, 0.15) is 0 Å². The molecule has 2 aromatic heterocycles. The zero-order valence-electron chi connectivity index (χ0n) is 9.97. The molecule has 0 radical (unpaired) electrons. The van der Waals surface area contributed by atoms with Gasteiger partial charge in [0.15, 0.2) is 0 Å². The van der Waals surface area contributed by atoms with Gasteiger partial charge in [0.25, 0.3) is 0 Å². The average molecular weight is 258 g/mol. The van der Waals surface area contributed by atoms with Crippen molar-refractivity contribution in [2.24, 2.45) is 5.10 Å². The van der Waals surface area contributed by atoms with Crippen molar-refractivity contribution in [1.29, 1.82) is 0 Å². The standard InChI is InChI=1S/C13H14N4S/c1-2-7-12-11(6-1)16-13(18-12)17-15-9-10-5-3-4-8-14-10/h3-5,8-9H,1-2,6-7H2,(H,16,17)/b15-9+. The van der Waals surface area contributed by atoms with Gasteiger partial charge in [-0.2, -0.15) is 5.10 Å². The molecule has 5 heteroatoms. The number of hydrogen-bond donors (Lipinski definition) is 1. The van der Waals surface area contributed by atoms with Crippen LogP contribution in [0.5, 0.6) is 0 Å². The maximum absolute atomic E-state index is 4.56. The summed E-state index contributed by atoms with van der Waals surface area (Å²) in [5.74, 6) is 0. The molecule has 2 heterocycles. The lowest BCUT2D eigenvalue weighted by molar-refractivity contribution is 0.682. The smallest absolute Gasteiger partial charge is 0.203 e. The number of aryl methyl sites for hydroxylation is 2. The molecule has 0 unspecified atom stereocenters. The molecule has 1 aliphatic carbocycles. The van der Waals surface area contributed by atoms with Crippen molar-refractivity contribution < 1.29 is 0 Å². The largest absolute Gasteiger partial charge is 0.255 e. The third-order valence-electron chi connectivity index (χ3n) is 2.89. The lowest BCUT2D eigenvalue weighted by atomic mass is 10.0. The summed E-state index contributed by atoms with van der Waals surface area (Å²) in [5.41, 5.74) is 5.08. The molecule has 0 saturated heterocycles. The zero-order chi connectivity index (χ0) is 12.2. The van der Waals surface area contributed by atoms with Gasteiger partial charge in [0.05, 0.1) is 17.6 Å². The van der Waals surface area contributed by atoms with Crippen LogP contribution in [0, 0.1) is 0 Å². The van der Waals surface area contributed by atoms with E-state index in [0.29, 0.717) is 0 Å². The molecular formula is C13H14N4S. The van der Waals surface area contributed by atoms with Crippen LogP contribution in [0.3, 0.4) is 0 Å². The first-order chi connectivity index (χ1) is 8.92. The van der Waals surface area contributed by atoms with Crippen molar-refractivity contribution in [1.82, 2.24) is 9.97 Å². The Kier molecular flexibility index (Phi) is 3.32. The van der Waals surface area contributed by atoms with Crippen LogP contribution in [0.1, 0.15) is 29.1 Å². The number of thiazole rings is 1. The molecule has 4 nitrogen and oxygen atoms in total. The highest BCUT2D eigenvalue weighted by Gasteiger charge is 2.14. The minimum atomic E-state index is 0.839. The predicted octanol–water partition coefficient (Wildman–Crippen LogP) is 2.86.